The Labute approximate surface area is 157 Å². The van der Waals surface area contributed by atoms with E-state index in [0.29, 0.717) is 12.2 Å². The van der Waals surface area contributed by atoms with Gasteiger partial charge in [0.1, 0.15) is 17.9 Å². The minimum atomic E-state index is 0.627. The van der Waals surface area contributed by atoms with E-state index in [0.717, 1.165) is 41.6 Å². The second-order valence-corrected chi connectivity index (χ2v) is 6.92. The van der Waals surface area contributed by atoms with Gasteiger partial charge in [0.25, 0.3) is 0 Å². The van der Waals surface area contributed by atoms with Crippen molar-refractivity contribution in [1.29, 1.82) is 0 Å². The third-order valence-corrected chi connectivity index (χ3v) is 5.04. The van der Waals surface area contributed by atoms with Crippen molar-refractivity contribution < 1.29 is 9.53 Å². The lowest BCUT2D eigenvalue weighted by molar-refractivity contribution is 0.112. The van der Waals surface area contributed by atoms with Gasteiger partial charge < -0.3 is 9.30 Å². The molecular weight excluding hydrogens is 346 g/mol. The Bertz CT molecular complexity index is 832. The molecule has 134 valence electrons. The van der Waals surface area contributed by atoms with Crippen molar-refractivity contribution in [3.63, 3.8) is 0 Å². The van der Waals surface area contributed by atoms with Gasteiger partial charge in [-0.05, 0) is 36.2 Å². The summed E-state index contributed by atoms with van der Waals surface area (Å²) in [6.07, 6.45) is 2.51. The van der Waals surface area contributed by atoms with Gasteiger partial charge in [0.2, 0.25) is 0 Å². The molecule has 5 nitrogen and oxygen atoms in total. The van der Waals surface area contributed by atoms with Crippen molar-refractivity contribution in [1.82, 2.24) is 14.8 Å². The number of carbonyl (C=O) groups excluding carboxylic acids is 1. The van der Waals surface area contributed by atoms with Crippen molar-refractivity contribution in [2.45, 2.75) is 18.0 Å². The molecule has 0 saturated carbocycles. The van der Waals surface area contributed by atoms with Gasteiger partial charge in [0, 0.05) is 24.8 Å². The highest BCUT2D eigenvalue weighted by Crippen LogP contribution is 2.18. The summed E-state index contributed by atoms with van der Waals surface area (Å²) in [5.41, 5.74) is 1.88. The Morgan fingerprint density at radius 3 is 2.58 bits per heavy atom. The average Bonchev–Trinajstić information content (AvgIpc) is 3.02. The van der Waals surface area contributed by atoms with Crippen molar-refractivity contribution in [2.75, 3.05) is 12.4 Å². The summed E-state index contributed by atoms with van der Waals surface area (Å²) >= 11 is 1.68. The summed E-state index contributed by atoms with van der Waals surface area (Å²) < 4.78 is 7.74. The first-order valence-corrected chi connectivity index (χ1v) is 9.48. The number of rotatable bonds is 9. The van der Waals surface area contributed by atoms with E-state index in [1.165, 1.54) is 5.56 Å². The number of hydrogen-bond donors (Lipinski definition) is 0. The maximum atomic E-state index is 10.6. The predicted molar refractivity (Wildman–Crippen MR) is 103 cm³/mol. The first kappa shape index (κ1) is 18.2. The Hall–Kier alpha value is -2.60. The summed E-state index contributed by atoms with van der Waals surface area (Å²) in [6, 6.07) is 17.4. The highest BCUT2D eigenvalue weighted by Gasteiger charge is 2.09. The molecule has 0 aliphatic carbocycles. The molecule has 0 radical (unpaired) electrons. The van der Waals surface area contributed by atoms with Crippen LogP contribution >= 0.6 is 11.8 Å². The molecule has 1 heterocycles. The molecule has 0 bridgehead atoms. The number of nitrogens with zero attached hydrogens (tertiary/aromatic N) is 3. The summed E-state index contributed by atoms with van der Waals surface area (Å²) in [5, 5.41) is 9.52. The van der Waals surface area contributed by atoms with Crippen LogP contribution in [0.25, 0.3) is 0 Å². The van der Waals surface area contributed by atoms with E-state index in [2.05, 4.69) is 26.9 Å². The zero-order valence-electron chi connectivity index (χ0n) is 14.7. The largest absolute Gasteiger partial charge is 0.494 e. The quantitative estimate of drug-likeness (QED) is 0.327. The molecule has 0 spiro atoms. The molecule has 6 heteroatoms. The molecule has 0 unspecified atom stereocenters. The van der Waals surface area contributed by atoms with Crippen molar-refractivity contribution in [3.8, 4) is 5.75 Å². The van der Waals surface area contributed by atoms with E-state index in [9.17, 15) is 4.79 Å². The summed E-state index contributed by atoms with van der Waals surface area (Å²) in [6.45, 7) is 0.627. The van der Waals surface area contributed by atoms with Gasteiger partial charge in [0.15, 0.2) is 5.16 Å². The van der Waals surface area contributed by atoms with E-state index in [1.807, 2.05) is 37.4 Å². The standard InChI is InChI=1S/C20H21N3O2S/c1-23-19(14-16-6-3-2-4-7-16)21-22-20(23)26-13-5-12-25-18-10-8-17(15-24)9-11-18/h2-4,6-11,15H,5,12-14H2,1H3. The molecule has 2 aromatic carbocycles. The van der Waals surface area contributed by atoms with Gasteiger partial charge in [-0.15, -0.1) is 10.2 Å². The van der Waals surface area contributed by atoms with Crippen molar-refractivity contribution >= 4 is 18.0 Å². The SMILES string of the molecule is Cn1c(Cc2ccccc2)nnc1SCCCOc1ccc(C=O)cc1. The molecule has 0 aliphatic heterocycles. The molecule has 0 amide bonds. The Balaban J connectivity index is 1.42. The number of aromatic nitrogens is 3. The second-order valence-electron chi connectivity index (χ2n) is 5.86. The van der Waals surface area contributed by atoms with Crippen LogP contribution in [-0.4, -0.2) is 33.4 Å². The third-order valence-electron chi connectivity index (χ3n) is 3.93. The number of aldehydes is 1. The lowest BCUT2D eigenvalue weighted by atomic mass is 10.1. The molecule has 3 aromatic rings. The number of carbonyl (C=O) groups is 1. The predicted octanol–water partition coefficient (Wildman–Crippen LogP) is 3.78. The van der Waals surface area contributed by atoms with Crippen molar-refractivity contribution in [2.24, 2.45) is 7.05 Å². The van der Waals surface area contributed by atoms with Crippen LogP contribution in [-0.2, 0) is 13.5 Å². The van der Waals surface area contributed by atoms with Crippen molar-refractivity contribution in [3.05, 3.63) is 71.5 Å². The fraction of sp³-hybridized carbons (Fsp3) is 0.250. The van der Waals surface area contributed by atoms with Gasteiger partial charge in [-0.2, -0.15) is 0 Å². The van der Waals surface area contributed by atoms with Crippen LogP contribution in [0.3, 0.4) is 0 Å². The number of thioether (sulfide) groups is 1. The molecule has 1 aromatic heterocycles. The second kappa shape index (κ2) is 9.20. The fourth-order valence-corrected chi connectivity index (χ4v) is 3.30. The van der Waals surface area contributed by atoms with Gasteiger partial charge in [-0.25, -0.2) is 0 Å². The monoisotopic (exact) mass is 367 g/mol. The van der Waals surface area contributed by atoms with E-state index < -0.39 is 0 Å². The van der Waals surface area contributed by atoms with Gasteiger partial charge in [0.05, 0.1) is 6.61 Å². The lowest BCUT2D eigenvalue weighted by Gasteiger charge is -2.06. The van der Waals surface area contributed by atoms with E-state index in [-0.39, 0.29) is 0 Å². The molecule has 0 saturated heterocycles. The summed E-state index contributed by atoms with van der Waals surface area (Å²) in [4.78, 5) is 10.6. The van der Waals surface area contributed by atoms with Crippen LogP contribution < -0.4 is 4.74 Å². The smallest absolute Gasteiger partial charge is 0.190 e. The topological polar surface area (TPSA) is 57.0 Å². The Morgan fingerprint density at radius 2 is 1.85 bits per heavy atom. The molecular formula is C20H21N3O2S. The number of ether oxygens (including phenoxy) is 1. The van der Waals surface area contributed by atoms with Gasteiger partial charge >= 0.3 is 0 Å². The average molecular weight is 367 g/mol. The maximum Gasteiger partial charge on any atom is 0.190 e. The van der Waals surface area contributed by atoms with E-state index in [1.54, 1.807) is 23.9 Å². The minimum Gasteiger partial charge on any atom is -0.494 e. The normalized spacial score (nSPS) is 10.7. The Kier molecular flexibility index (Phi) is 6.44. The van der Waals surface area contributed by atoms with Crippen LogP contribution in [0, 0.1) is 0 Å². The molecule has 0 aliphatic rings. The van der Waals surface area contributed by atoms with Crippen LogP contribution in [0.5, 0.6) is 5.75 Å². The lowest BCUT2D eigenvalue weighted by Crippen LogP contribution is -2.02. The molecule has 0 fully saturated rings. The van der Waals surface area contributed by atoms with Gasteiger partial charge in [-0.3, -0.25) is 4.79 Å². The number of benzene rings is 2. The first-order chi connectivity index (χ1) is 12.8. The summed E-state index contributed by atoms with van der Waals surface area (Å²) in [7, 11) is 2.01. The van der Waals surface area contributed by atoms with E-state index >= 15 is 0 Å². The molecule has 26 heavy (non-hydrogen) atoms. The third kappa shape index (κ3) is 4.95. The van der Waals surface area contributed by atoms with Crippen LogP contribution in [0.4, 0.5) is 0 Å². The zero-order chi connectivity index (χ0) is 18.2. The number of hydrogen-bond acceptors (Lipinski definition) is 5. The molecule has 3 rings (SSSR count). The Morgan fingerprint density at radius 1 is 1.08 bits per heavy atom. The molecule has 0 N–H and O–H groups in total. The van der Waals surface area contributed by atoms with Crippen LogP contribution in [0.2, 0.25) is 0 Å². The van der Waals surface area contributed by atoms with E-state index in [4.69, 9.17) is 4.74 Å². The summed E-state index contributed by atoms with van der Waals surface area (Å²) in [5.74, 6) is 2.65. The highest BCUT2D eigenvalue weighted by molar-refractivity contribution is 7.99. The molecule has 0 atom stereocenters. The highest BCUT2D eigenvalue weighted by atomic mass is 32.2. The fourth-order valence-electron chi connectivity index (χ4n) is 2.46. The maximum absolute atomic E-state index is 10.6. The van der Waals surface area contributed by atoms with Gasteiger partial charge in [-0.1, -0.05) is 42.1 Å². The first-order valence-electron chi connectivity index (χ1n) is 8.49. The zero-order valence-corrected chi connectivity index (χ0v) is 15.5. The van der Waals surface area contributed by atoms with Crippen LogP contribution in [0.1, 0.15) is 28.2 Å². The minimum absolute atomic E-state index is 0.627. The van der Waals surface area contributed by atoms with Crippen LogP contribution in [0.15, 0.2) is 59.8 Å².